The number of nitrogens with one attached hydrogen (secondary N) is 1. The van der Waals surface area contributed by atoms with Crippen molar-refractivity contribution in [3.05, 3.63) is 49.3 Å². The number of hydrogen-bond acceptors (Lipinski definition) is 4. The highest BCUT2D eigenvalue weighted by atomic mass is 35.5. The molecule has 2 aromatic rings. The van der Waals surface area contributed by atoms with Crippen LogP contribution >= 0.6 is 22.9 Å². The van der Waals surface area contributed by atoms with E-state index in [9.17, 15) is 18.4 Å². The van der Waals surface area contributed by atoms with Gasteiger partial charge in [0.05, 0.1) is 22.7 Å². The molecule has 0 aromatic carbocycles. The first-order chi connectivity index (χ1) is 10.5. The molecule has 0 aliphatic carbocycles. The second-order valence-corrected chi connectivity index (χ2v) is 5.78. The van der Waals surface area contributed by atoms with Crippen LogP contribution in [-0.2, 0) is 6.54 Å². The maximum absolute atomic E-state index is 13.5. The van der Waals surface area contributed by atoms with Gasteiger partial charge in [0.15, 0.2) is 5.82 Å². The topological polar surface area (TPSA) is 74.9 Å². The molecule has 2 heterocycles. The van der Waals surface area contributed by atoms with E-state index in [1.54, 1.807) is 0 Å². The number of halogens is 3. The van der Waals surface area contributed by atoms with E-state index in [1.165, 1.54) is 6.07 Å². The highest BCUT2D eigenvalue weighted by Crippen LogP contribution is 2.27. The van der Waals surface area contributed by atoms with E-state index in [-0.39, 0.29) is 27.0 Å². The molecule has 0 spiro atoms. The number of rotatable bonds is 4. The Bertz CT molecular complexity index is 826. The molecule has 0 aliphatic heterocycles. The van der Waals surface area contributed by atoms with E-state index < -0.39 is 24.0 Å². The highest BCUT2D eigenvalue weighted by Gasteiger charge is 2.15. The van der Waals surface area contributed by atoms with E-state index in [1.807, 2.05) is 6.07 Å². The molecule has 1 amide bonds. The molecule has 0 aliphatic rings. The van der Waals surface area contributed by atoms with Gasteiger partial charge >= 0.3 is 0 Å². The molecule has 0 saturated carbocycles. The molecule has 0 fully saturated rings. The summed E-state index contributed by atoms with van der Waals surface area (Å²) in [6, 6.07) is 3.97. The fraction of sp³-hybridized carbons (Fsp3) is 0.154. The van der Waals surface area contributed by atoms with Crippen molar-refractivity contribution in [2.24, 2.45) is 0 Å². The third-order valence-electron chi connectivity index (χ3n) is 2.66. The number of amides is 1. The monoisotopic (exact) mass is 343 g/mol. The van der Waals surface area contributed by atoms with E-state index in [2.05, 4.69) is 5.32 Å². The van der Waals surface area contributed by atoms with Crippen LogP contribution < -0.4 is 10.9 Å². The van der Waals surface area contributed by atoms with Crippen molar-refractivity contribution in [1.82, 2.24) is 4.57 Å². The van der Waals surface area contributed by atoms with E-state index >= 15 is 0 Å². The van der Waals surface area contributed by atoms with Crippen molar-refractivity contribution in [3.63, 3.8) is 0 Å². The zero-order valence-corrected chi connectivity index (χ0v) is 12.5. The molecule has 0 bridgehead atoms. The lowest BCUT2D eigenvalue weighted by Crippen LogP contribution is -2.24. The summed E-state index contributed by atoms with van der Waals surface area (Å²) in [4.78, 5) is 23.6. The third-order valence-corrected chi connectivity index (χ3v) is 4.01. The number of anilines is 1. The SMILES string of the molecule is N#Cc1cc(C(=O)Nc2cc(F)c(=O)n(CCF)c2)sc1Cl. The van der Waals surface area contributed by atoms with Gasteiger partial charge in [0, 0.05) is 12.3 Å². The normalized spacial score (nSPS) is 10.3. The lowest BCUT2D eigenvalue weighted by Gasteiger charge is -2.08. The average molecular weight is 344 g/mol. The molecule has 1 N–H and O–H groups in total. The van der Waals surface area contributed by atoms with Crippen LogP contribution in [-0.4, -0.2) is 17.1 Å². The van der Waals surface area contributed by atoms with E-state index in [0.29, 0.717) is 0 Å². The maximum atomic E-state index is 13.5. The maximum Gasteiger partial charge on any atom is 0.286 e. The summed E-state index contributed by atoms with van der Waals surface area (Å²) in [5.74, 6) is -1.72. The minimum atomic E-state index is -1.10. The van der Waals surface area contributed by atoms with Crippen LogP contribution in [0.1, 0.15) is 15.2 Å². The molecule has 2 aromatic heterocycles. The lowest BCUT2D eigenvalue weighted by molar-refractivity contribution is 0.103. The summed E-state index contributed by atoms with van der Waals surface area (Å²) in [5.41, 5.74) is -0.814. The summed E-state index contributed by atoms with van der Waals surface area (Å²) in [6.45, 7) is -1.16. The van der Waals surface area contributed by atoms with Gasteiger partial charge in [-0.15, -0.1) is 11.3 Å². The zero-order chi connectivity index (χ0) is 16.3. The van der Waals surface area contributed by atoms with Gasteiger partial charge in [-0.3, -0.25) is 9.59 Å². The van der Waals surface area contributed by atoms with Gasteiger partial charge < -0.3 is 9.88 Å². The molecule has 0 saturated heterocycles. The van der Waals surface area contributed by atoms with Gasteiger partial charge in [0.2, 0.25) is 0 Å². The number of nitriles is 1. The fourth-order valence-electron chi connectivity index (χ4n) is 1.67. The Hall–Kier alpha value is -2.24. The van der Waals surface area contributed by atoms with E-state index in [0.717, 1.165) is 28.2 Å². The van der Waals surface area contributed by atoms with Crippen LogP contribution in [0.2, 0.25) is 4.34 Å². The summed E-state index contributed by atoms with van der Waals surface area (Å²) in [5, 5.41) is 11.2. The van der Waals surface area contributed by atoms with E-state index in [4.69, 9.17) is 16.9 Å². The highest BCUT2D eigenvalue weighted by molar-refractivity contribution is 7.18. The molecular weight excluding hydrogens is 336 g/mol. The number of carbonyl (C=O) groups excluding carboxylic acids is 1. The van der Waals surface area contributed by atoms with Gasteiger partial charge in [-0.25, -0.2) is 8.78 Å². The van der Waals surface area contributed by atoms with Crippen LogP contribution in [0.15, 0.2) is 23.1 Å². The Labute approximate surface area is 132 Å². The number of thiophene rings is 1. The second-order valence-electron chi connectivity index (χ2n) is 4.13. The first kappa shape index (κ1) is 16.1. The molecule has 0 atom stereocenters. The van der Waals surface area contributed by atoms with Crippen LogP contribution in [0.25, 0.3) is 0 Å². The minimum absolute atomic E-state index is 0.00131. The molecule has 0 unspecified atom stereocenters. The van der Waals surface area contributed by atoms with Crippen molar-refractivity contribution in [2.45, 2.75) is 6.54 Å². The summed E-state index contributed by atoms with van der Waals surface area (Å²) >= 11 is 6.67. The number of aryl methyl sites for hydroxylation is 1. The first-order valence-corrected chi connectivity index (χ1v) is 7.12. The molecule has 22 heavy (non-hydrogen) atoms. The van der Waals surface area contributed by atoms with Crippen molar-refractivity contribution in [1.29, 1.82) is 5.26 Å². The summed E-state index contributed by atoms with van der Waals surface area (Å²) in [7, 11) is 0. The molecule has 2 rings (SSSR count). The van der Waals surface area contributed by atoms with Gasteiger partial charge in [-0.05, 0) is 6.07 Å². The lowest BCUT2D eigenvalue weighted by atomic mass is 10.3. The van der Waals surface area contributed by atoms with Crippen molar-refractivity contribution in [2.75, 3.05) is 12.0 Å². The second kappa shape index (κ2) is 6.68. The van der Waals surface area contributed by atoms with Crippen molar-refractivity contribution < 1.29 is 13.6 Å². The van der Waals surface area contributed by atoms with Crippen molar-refractivity contribution >= 4 is 34.5 Å². The molecule has 5 nitrogen and oxygen atoms in total. The van der Waals surface area contributed by atoms with Crippen molar-refractivity contribution in [3.8, 4) is 6.07 Å². The summed E-state index contributed by atoms with van der Waals surface area (Å²) in [6.07, 6.45) is 1.14. The van der Waals surface area contributed by atoms with Gasteiger partial charge in [0.25, 0.3) is 11.5 Å². The summed E-state index contributed by atoms with van der Waals surface area (Å²) < 4.78 is 26.8. The number of carbonyl (C=O) groups is 1. The number of hydrogen-bond donors (Lipinski definition) is 1. The zero-order valence-electron chi connectivity index (χ0n) is 10.9. The Morgan fingerprint density at radius 3 is 2.82 bits per heavy atom. The predicted octanol–water partition coefficient (Wildman–Crippen LogP) is 2.80. The van der Waals surface area contributed by atoms with Gasteiger partial charge in [-0.1, -0.05) is 11.6 Å². The smallest absolute Gasteiger partial charge is 0.286 e. The largest absolute Gasteiger partial charge is 0.320 e. The van der Waals surface area contributed by atoms with Gasteiger partial charge in [-0.2, -0.15) is 5.26 Å². The Morgan fingerprint density at radius 2 is 2.23 bits per heavy atom. The third kappa shape index (κ3) is 3.32. The van der Waals surface area contributed by atoms with Crippen LogP contribution in [0.4, 0.5) is 14.5 Å². The fourth-order valence-corrected chi connectivity index (χ4v) is 2.75. The number of nitrogens with zero attached hydrogens (tertiary/aromatic N) is 2. The number of alkyl halides is 1. The molecule has 0 radical (unpaired) electrons. The number of aromatic nitrogens is 1. The molecular formula is C13H8ClF2N3O2S. The molecule has 114 valence electrons. The van der Waals surface area contributed by atoms with Crippen LogP contribution in [0.3, 0.4) is 0 Å². The van der Waals surface area contributed by atoms with Gasteiger partial charge in [0.1, 0.15) is 17.1 Å². The van der Waals surface area contributed by atoms with Crippen LogP contribution in [0.5, 0.6) is 0 Å². The minimum Gasteiger partial charge on any atom is -0.320 e. The Kier molecular flexibility index (Phi) is 4.90. The predicted molar refractivity (Wildman–Crippen MR) is 78.6 cm³/mol. The number of pyridine rings is 1. The molecule has 9 heteroatoms. The first-order valence-electron chi connectivity index (χ1n) is 5.93. The average Bonchev–Trinajstić information content (AvgIpc) is 2.85. The van der Waals surface area contributed by atoms with Crippen LogP contribution in [0, 0.1) is 17.1 Å². The Morgan fingerprint density at radius 1 is 1.50 bits per heavy atom. The quantitative estimate of drug-likeness (QED) is 0.927. The standard InChI is InChI=1S/C13H8ClF2N3O2S/c14-11-7(5-17)3-10(22-11)12(20)18-8-4-9(16)13(21)19(6-8)2-1-15/h3-4,6H,1-2H2,(H,18,20). The Balaban J connectivity index is 2.28.